The van der Waals surface area contributed by atoms with Crippen LogP contribution in [0.2, 0.25) is 0 Å². The van der Waals surface area contributed by atoms with E-state index in [0.717, 1.165) is 31.5 Å². The van der Waals surface area contributed by atoms with Gasteiger partial charge in [-0.1, -0.05) is 36.4 Å². The van der Waals surface area contributed by atoms with Crippen LogP contribution in [0, 0.1) is 12.8 Å². The topological polar surface area (TPSA) is 119 Å². The number of likely N-dealkylation sites (tertiary alicyclic amines) is 1. The predicted octanol–water partition coefficient (Wildman–Crippen LogP) is 4.77. The molecule has 2 atom stereocenters. The smallest absolute Gasteiger partial charge is 0.449 e. The number of hydrogen-bond donors (Lipinski definition) is 2. The summed E-state index contributed by atoms with van der Waals surface area (Å²) in [4.78, 5) is 22.3. The number of aryl methyl sites for hydroxylation is 1. The minimum absolute atomic E-state index is 0.00858. The van der Waals surface area contributed by atoms with Gasteiger partial charge in [0.25, 0.3) is 0 Å². The first-order valence-electron chi connectivity index (χ1n) is 12.8. The molecule has 0 radical (unpaired) electrons. The molecular weight excluding hydrogens is 503 g/mol. The van der Waals surface area contributed by atoms with E-state index in [0.29, 0.717) is 35.3 Å². The number of amides is 1. The summed E-state index contributed by atoms with van der Waals surface area (Å²) in [5.74, 6) is 1.55. The van der Waals surface area contributed by atoms with Crippen molar-refractivity contribution in [3.05, 3.63) is 72.2 Å². The molecule has 206 valence electrons. The van der Waals surface area contributed by atoms with E-state index in [1.807, 2.05) is 31.2 Å². The Morgan fingerprint density at radius 1 is 1.26 bits per heavy atom. The van der Waals surface area contributed by atoms with Crippen molar-refractivity contribution in [2.45, 2.75) is 38.5 Å². The zero-order chi connectivity index (χ0) is 27.6. The van der Waals surface area contributed by atoms with Gasteiger partial charge in [-0.3, -0.25) is 15.2 Å². The van der Waals surface area contributed by atoms with E-state index < -0.39 is 6.09 Å². The highest BCUT2D eigenvalue weighted by Crippen LogP contribution is 2.35. The summed E-state index contributed by atoms with van der Waals surface area (Å²) in [7, 11) is 1.74. The number of carbonyl (C=O) groups excluding carboxylic acids is 1. The van der Waals surface area contributed by atoms with Crippen molar-refractivity contribution in [2.75, 3.05) is 30.8 Å². The average molecular weight is 537 g/mol. The Kier molecular flexibility index (Phi) is 9.57. The molecule has 1 amide bonds. The van der Waals surface area contributed by atoms with Crippen molar-refractivity contribution < 1.29 is 19.0 Å². The molecule has 2 N–H and O–H groups in total. The molecule has 39 heavy (non-hydrogen) atoms. The second-order valence-electron chi connectivity index (χ2n) is 9.21. The van der Waals surface area contributed by atoms with Gasteiger partial charge in [-0.05, 0) is 61.4 Å². The molecule has 0 spiro atoms. The molecule has 1 saturated heterocycles. The fraction of sp³-hybridized carbons (Fsp3) is 0.370. The van der Waals surface area contributed by atoms with Crippen LogP contribution in [-0.4, -0.2) is 64.3 Å². The lowest BCUT2D eigenvalue weighted by atomic mass is 9.85. The molecule has 1 aromatic heterocycles. The van der Waals surface area contributed by atoms with Crippen molar-refractivity contribution in [1.29, 1.82) is 0 Å². The summed E-state index contributed by atoms with van der Waals surface area (Å²) in [6.45, 7) is 6.97. The first kappa shape index (κ1) is 27.7. The summed E-state index contributed by atoms with van der Waals surface area (Å²) in [6.07, 6.45) is 4.53. The molecule has 0 bridgehead atoms. The molecule has 4 rings (SSSR count). The number of aromatic nitrogens is 4. The van der Waals surface area contributed by atoms with E-state index in [1.54, 1.807) is 36.2 Å². The lowest BCUT2D eigenvalue weighted by Gasteiger charge is -2.39. The van der Waals surface area contributed by atoms with E-state index in [1.165, 1.54) is 0 Å². The third-order valence-electron chi connectivity index (χ3n) is 6.72. The zero-order valence-corrected chi connectivity index (χ0v) is 22.0. The van der Waals surface area contributed by atoms with Gasteiger partial charge < -0.3 is 10.1 Å². The van der Waals surface area contributed by atoms with Crippen molar-refractivity contribution in [3.63, 3.8) is 0 Å². The van der Waals surface area contributed by atoms with Crippen LogP contribution in [0.3, 0.4) is 0 Å². The van der Waals surface area contributed by atoms with Gasteiger partial charge in [0.15, 0.2) is 12.1 Å². The molecule has 1 aliphatic rings. The third-order valence-corrected chi connectivity index (χ3v) is 6.72. The van der Waals surface area contributed by atoms with Crippen molar-refractivity contribution in [3.8, 4) is 5.75 Å². The number of benzene rings is 2. The monoisotopic (exact) mass is 536 g/mol. The number of nitrogens with zero attached hydrogens (tertiary/aromatic N) is 6. The molecule has 0 saturated carbocycles. The van der Waals surface area contributed by atoms with Crippen LogP contribution in [0.15, 0.2) is 65.8 Å². The molecular formula is C27H33FN8O3. The molecule has 2 unspecified atom stereocenters. The van der Waals surface area contributed by atoms with Gasteiger partial charge in [0.2, 0.25) is 0 Å². The van der Waals surface area contributed by atoms with Crippen LogP contribution in [-0.2, 0) is 4.94 Å². The van der Waals surface area contributed by atoms with Gasteiger partial charge in [0.1, 0.15) is 11.8 Å². The average Bonchev–Trinajstić information content (AvgIpc) is 3.39. The number of hydrogen-bond acceptors (Lipinski definition) is 9. The van der Waals surface area contributed by atoms with Crippen LogP contribution in [0.25, 0.3) is 0 Å². The van der Waals surface area contributed by atoms with E-state index in [-0.39, 0.29) is 12.3 Å². The highest BCUT2D eigenvalue weighted by molar-refractivity contribution is 5.85. The van der Waals surface area contributed by atoms with Crippen LogP contribution in [0.4, 0.5) is 20.7 Å². The van der Waals surface area contributed by atoms with E-state index in [9.17, 15) is 9.32 Å². The third kappa shape index (κ3) is 7.17. The normalized spacial score (nSPS) is 16.0. The maximum Gasteiger partial charge on any atom is 0.449 e. The van der Waals surface area contributed by atoms with Crippen molar-refractivity contribution >= 4 is 24.2 Å². The molecule has 12 heteroatoms. The zero-order valence-electron chi connectivity index (χ0n) is 22.0. The fourth-order valence-electron chi connectivity index (χ4n) is 4.90. The van der Waals surface area contributed by atoms with Gasteiger partial charge in [-0.2, -0.15) is 4.80 Å². The number of anilines is 2. The number of rotatable bonds is 11. The molecule has 1 aliphatic heterocycles. The number of carbonyl (C=O) groups is 1. The molecule has 2 aromatic carbocycles. The van der Waals surface area contributed by atoms with Crippen LogP contribution in [0.1, 0.15) is 36.7 Å². The lowest BCUT2D eigenvalue weighted by molar-refractivity contribution is -0.0544. The highest BCUT2D eigenvalue weighted by Gasteiger charge is 2.33. The summed E-state index contributed by atoms with van der Waals surface area (Å²) < 4.78 is 18.6. The fourth-order valence-corrected chi connectivity index (χ4v) is 4.90. The van der Waals surface area contributed by atoms with Crippen molar-refractivity contribution in [1.82, 2.24) is 25.1 Å². The van der Waals surface area contributed by atoms with Gasteiger partial charge in [0, 0.05) is 43.0 Å². The predicted molar refractivity (Wildman–Crippen MR) is 146 cm³/mol. The van der Waals surface area contributed by atoms with Gasteiger partial charge in [0.05, 0.1) is 5.69 Å². The van der Waals surface area contributed by atoms with E-state index in [4.69, 9.17) is 4.74 Å². The second kappa shape index (κ2) is 13.5. The molecule has 0 aliphatic carbocycles. The van der Waals surface area contributed by atoms with E-state index >= 15 is 0 Å². The number of tetrazole rings is 1. The second-order valence-corrected chi connectivity index (χ2v) is 9.21. The maximum atomic E-state index is 12.1. The summed E-state index contributed by atoms with van der Waals surface area (Å²) in [5.41, 5.74) is 2.16. The maximum absolute atomic E-state index is 12.1. The van der Waals surface area contributed by atoms with Gasteiger partial charge in [-0.25, -0.2) is 9.74 Å². The molecule has 1 fully saturated rings. The summed E-state index contributed by atoms with van der Waals surface area (Å²) in [6, 6.07) is 15.3. The number of piperidine rings is 1. The Labute approximate surface area is 226 Å². The van der Waals surface area contributed by atoms with Crippen LogP contribution in [0.5, 0.6) is 5.75 Å². The van der Waals surface area contributed by atoms with Crippen LogP contribution < -0.4 is 15.4 Å². The lowest BCUT2D eigenvalue weighted by Crippen LogP contribution is -2.45. The minimum Gasteiger partial charge on any atom is -0.473 e. The number of halogens is 1. The Morgan fingerprint density at radius 3 is 2.67 bits per heavy atom. The molecule has 3 aromatic rings. The number of nitrogens with one attached hydrogen (secondary N) is 2. The Morgan fingerprint density at radius 2 is 2.03 bits per heavy atom. The van der Waals surface area contributed by atoms with Gasteiger partial charge >= 0.3 is 6.09 Å². The van der Waals surface area contributed by atoms with Gasteiger partial charge in [-0.15, -0.1) is 10.2 Å². The van der Waals surface area contributed by atoms with Crippen LogP contribution >= 0.6 is 0 Å². The summed E-state index contributed by atoms with van der Waals surface area (Å²) >= 11 is 0. The van der Waals surface area contributed by atoms with E-state index in [2.05, 4.69) is 59.7 Å². The minimum atomic E-state index is -1.20. The first-order valence-corrected chi connectivity index (χ1v) is 12.8. The Bertz CT molecular complexity index is 1260. The van der Waals surface area contributed by atoms with Crippen molar-refractivity contribution in [2.24, 2.45) is 10.9 Å². The molecule has 11 nitrogen and oxygen atoms in total. The number of ether oxygens (including phenoxy) is 1. The summed E-state index contributed by atoms with van der Waals surface area (Å²) in [5, 5.41) is 18.3. The number of aliphatic imine (C=N–C) groups is 1. The standard InChI is InChI=1S/C27H33FN8O3/c1-19-32-34-36(33-19)26(20-8-5-4-6-9-20)21-13-16-35(17-14-21)25(10-7-15-29-2)38-24-12-11-22(18-23(24)30-3)31-27(37)39-28/h4-9,11-12,15,18,21,25-26,30H,2,10,13-14,16-17H2,1,3H3,(H,31,37)/b15-7-. The Hall–Kier alpha value is -4.32. The quantitative estimate of drug-likeness (QED) is 0.337. The SMILES string of the molecule is C=N/C=C\CC(Oc1ccc(NC(=O)OF)cc1NC)N1CCC(C(c2ccccc2)n2nnc(C)n2)CC1. The highest BCUT2D eigenvalue weighted by atomic mass is 19.3. The molecule has 2 heterocycles. The Balaban J connectivity index is 1.50. The largest absolute Gasteiger partial charge is 0.473 e. The first-order chi connectivity index (χ1) is 19.0.